The fourth-order valence-corrected chi connectivity index (χ4v) is 6.05. The van der Waals surface area contributed by atoms with E-state index in [1.807, 2.05) is 17.9 Å². The normalized spacial score (nSPS) is 17.8. The lowest BCUT2D eigenvalue weighted by Gasteiger charge is -2.47. The van der Waals surface area contributed by atoms with Crippen LogP contribution >= 0.6 is 0 Å². The van der Waals surface area contributed by atoms with Crippen molar-refractivity contribution in [3.63, 3.8) is 0 Å². The van der Waals surface area contributed by atoms with Gasteiger partial charge in [-0.05, 0) is 82.6 Å². The molecular weight excluding hydrogens is 478 g/mol. The molecule has 8 nitrogen and oxygen atoms in total. The minimum absolute atomic E-state index is 0.0436. The van der Waals surface area contributed by atoms with E-state index in [1.165, 1.54) is 25.7 Å². The van der Waals surface area contributed by atoms with Crippen molar-refractivity contribution < 1.29 is 14.7 Å². The molecule has 206 valence electrons. The molecule has 0 atom stereocenters. The van der Waals surface area contributed by atoms with E-state index in [9.17, 15) is 14.7 Å². The number of aromatic nitrogens is 2. The number of aromatic carboxylic acids is 1. The standard InChI is InChI=1S/C30H43N5O3/c1-18(2)26-23(31-16-22-10-8-9-11-22)14-20(4)27(33-26)28(36)35-13-12-34(17-30(35,6)7)24-15-19(3)25(29(37)38)21(5)32-24/h14-15,18,22,31H,8-13,16-17H2,1-7H3,(H,37,38). The van der Waals surface area contributed by atoms with Crippen LogP contribution in [0.25, 0.3) is 0 Å². The van der Waals surface area contributed by atoms with Gasteiger partial charge in [-0.15, -0.1) is 0 Å². The monoisotopic (exact) mass is 521 g/mol. The van der Waals surface area contributed by atoms with Crippen molar-refractivity contribution in [2.45, 2.75) is 85.6 Å². The molecule has 2 fully saturated rings. The first-order chi connectivity index (χ1) is 17.9. The summed E-state index contributed by atoms with van der Waals surface area (Å²) in [4.78, 5) is 39.1. The van der Waals surface area contributed by atoms with E-state index >= 15 is 0 Å². The summed E-state index contributed by atoms with van der Waals surface area (Å²) in [6.45, 7) is 16.6. The van der Waals surface area contributed by atoms with Crippen LogP contribution in [0.4, 0.5) is 11.5 Å². The molecule has 0 aromatic carbocycles. The Morgan fingerprint density at radius 1 is 1.08 bits per heavy atom. The van der Waals surface area contributed by atoms with Crippen molar-refractivity contribution in [2.75, 3.05) is 36.4 Å². The highest BCUT2D eigenvalue weighted by Gasteiger charge is 2.39. The largest absolute Gasteiger partial charge is 0.478 e. The Kier molecular flexibility index (Phi) is 8.00. The van der Waals surface area contributed by atoms with E-state index in [4.69, 9.17) is 4.98 Å². The summed E-state index contributed by atoms with van der Waals surface area (Å²) in [7, 11) is 0. The minimum Gasteiger partial charge on any atom is -0.478 e. The predicted octanol–water partition coefficient (Wildman–Crippen LogP) is 5.57. The van der Waals surface area contributed by atoms with Crippen molar-refractivity contribution >= 4 is 23.4 Å². The number of anilines is 2. The fraction of sp³-hybridized carbons (Fsp3) is 0.600. The number of piperazine rings is 1. The van der Waals surface area contributed by atoms with Gasteiger partial charge in [-0.3, -0.25) is 4.79 Å². The lowest BCUT2D eigenvalue weighted by Crippen LogP contribution is -2.61. The number of amides is 1. The Hall–Kier alpha value is -3.16. The molecule has 1 aliphatic heterocycles. The third-order valence-electron chi connectivity index (χ3n) is 8.12. The second-order valence-electron chi connectivity index (χ2n) is 12.0. The molecule has 1 amide bonds. The summed E-state index contributed by atoms with van der Waals surface area (Å²) in [5, 5.41) is 13.1. The number of pyridine rings is 2. The van der Waals surface area contributed by atoms with Crippen LogP contribution in [-0.4, -0.2) is 63.6 Å². The zero-order valence-corrected chi connectivity index (χ0v) is 24.0. The number of carbonyl (C=O) groups excluding carboxylic acids is 1. The number of carboxylic acids is 1. The summed E-state index contributed by atoms with van der Waals surface area (Å²) in [6.07, 6.45) is 5.21. The van der Waals surface area contributed by atoms with Gasteiger partial charge in [0, 0.05) is 26.2 Å². The van der Waals surface area contributed by atoms with E-state index in [-0.39, 0.29) is 17.4 Å². The predicted molar refractivity (Wildman–Crippen MR) is 152 cm³/mol. The van der Waals surface area contributed by atoms with Crippen molar-refractivity contribution in [1.29, 1.82) is 0 Å². The number of rotatable bonds is 7. The van der Waals surface area contributed by atoms with Crippen LogP contribution < -0.4 is 10.2 Å². The van der Waals surface area contributed by atoms with Crippen LogP contribution in [0.1, 0.15) is 103 Å². The average molecular weight is 522 g/mol. The van der Waals surface area contributed by atoms with Crippen LogP contribution in [-0.2, 0) is 0 Å². The Morgan fingerprint density at radius 2 is 1.76 bits per heavy atom. The van der Waals surface area contributed by atoms with Gasteiger partial charge in [0.15, 0.2) is 0 Å². The first-order valence-corrected chi connectivity index (χ1v) is 13.9. The highest BCUT2D eigenvalue weighted by atomic mass is 16.4. The van der Waals surface area contributed by atoms with Gasteiger partial charge in [0.1, 0.15) is 11.5 Å². The fourth-order valence-electron chi connectivity index (χ4n) is 6.05. The van der Waals surface area contributed by atoms with Gasteiger partial charge in [0.25, 0.3) is 5.91 Å². The number of hydrogen-bond acceptors (Lipinski definition) is 6. The molecule has 8 heteroatoms. The molecule has 0 spiro atoms. The summed E-state index contributed by atoms with van der Waals surface area (Å²) in [5.74, 6) is 0.663. The molecule has 0 bridgehead atoms. The maximum Gasteiger partial charge on any atom is 0.337 e. The quantitative estimate of drug-likeness (QED) is 0.492. The van der Waals surface area contributed by atoms with Crippen LogP contribution in [0.3, 0.4) is 0 Å². The van der Waals surface area contributed by atoms with Gasteiger partial charge in [0.2, 0.25) is 0 Å². The zero-order chi connectivity index (χ0) is 27.8. The van der Waals surface area contributed by atoms with Crippen molar-refractivity contribution in [1.82, 2.24) is 14.9 Å². The molecule has 2 aromatic heterocycles. The Morgan fingerprint density at radius 3 is 2.34 bits per heavy atom. The maximum absolute atomic E-state index is 13.9. The Labute approximate surface area is 226 Å². The molecule has 1 aliphatic carbocycles. The zero-order valence-electron chi connectivity index (χ0n) is 24.0. The van der Waals surface area contributed by atoms with Crippen LogP contribution in [0.2, 0.25) is 0 Å². The molecule has 0 unspecified atom stereocenters. The SMILES string of the molecule is Cc1cc(NCC2CCCC2)c(C(C)C)nc1C(=O)N1CCN(c2cc(C)c(C(=O)O)c(C)n2)CC1(C)C. The van der Waals surface area contributed by atoms with E-state index in [0.717, 1.165) is 35.2 Å². The van der Waals surface area contributed by atoms with Crippen molar-refractivity contribution in [3.8, 4) is 0 Å². The smallest absolute Gasteiger partial charge is 0.337 e. The van der Waals surface area contributed by atoms with Crippen LogP contribution in [0.5, 0.6) is 0 Å². The van der Waals surface area contributed by atoms with E-state index in [2.05, 4.69) is 49.0 Å². The van der Waals surface area contributed by atoms with E-state index in [1.54, 1.807) is 13.8 Å². The third-order valence-corrected chi connectivity index (χ3v) is 8.12. The number of carbonyl (C=O) groups is 2. The highest BCUT2D eigenvalue weighted by Crippen LogP contribution is 2.31. The molecule has 2 aromatic rings. The van der Waals surface area contributed by atoms with Crippen LogP contribution in [0, 0.1) is 26.7 Å². The Bertz CT molecular complexity index is 1190. The molecule has 1 saturated carbocycles. The first-order valence-electron chi connectivity index (χ1n) is 13.9. The topological polar surface area (TPSA) is 98.7 Å². The van der Waals surface area contributed by atoms with Gasteiger partial charge in [-0.1, -0.05) is 26.7 Å². The number of carboxylic acid groups (broad SMARTS) is 1. The number of hydrogen-bond donors (Lipinski definition) is 2. The number of nitrogens with zero attached hydrogens (tertiary/aromatic N) is 4. The molecule has 3 heterocycles. The molecule has 0 radical (unpaired) electrons. The molecular formula is C30H43N5O3. The summed E-state index contributed by atoms with van der Waals surface area (Å²) < 4.78 is 0. The van der Waals surface area contributed by atoms with Crippen molar-refractivity contribution in [2.24, 2.45) is 5.92 Å². The first kappa shape index (κ1) is 27.9. The highest BCUT2D eigenvalue weighted by molar-refractivity contribution is 5.95. The Balaban J connectivity index is 1.54. The van der Waals surface area contributed by atoms with Gasteiger partial charge in [-0.2, -0.15) is 0 Å². The maximum atomic E-state index is 13.9. The second-order valence-corrected chi connectivity index (χ2v) is 12.0. The summed E-state index contributed by atoms with van der Waals surface area (Å²) in [6, 6.07) is 3.94. The molecule has 2 N–H and O–H groups in total. The van der Waals surface area contributed by atoms with E-state index < -0.39 is 11.5 Å². The molecule has 38 heavy (non-hydrogen) atoms. The molecule has 2 aliphatic rings. The number of aryl methyl sites for hydroxylation is 3. The molecule has 1 saturated heterocycles. The van der Waals surface area contributed by atoms with Crippen LogP contribution in [0.15, 0.2) is 12.1 Å². The van der Waals surface area contributed by atoms with Gasteiger partial charge >= 0.3 is 5.97 Å². The average Bonchev–Trinajstić information content (AvgIpc) is 3.34. The van der Waals surface area contributed by atoms with Crippen molar-refractivity contribution in [3.05, 3.63) is 45.9 Å². The lowest BCUT2D eigenvalue weighted by atomic mass is 9.96. The summed E-state index contributed by atoms with van der Waals surface area (Å²) >= 11 is 0. The van der Waals surface area contributed by atoms with Gasteiger partial charge < -0.3 is 20.2 Å². The third kappa shape index (κ3) is 5.64. The van der Waals surface area contributed by atoms with Gasteiger partial charge in [0.05, 0.1) is 28.2 Å². The number of nitrogens with one attached hydrogen (secondary N) is 1. The van der Waals surface area contributed by atoms with E-state index in [0.29, 0.717) is 36.6 Å². The van der Waals surface area contributed by atoms with Gasteiger partial charge in [-0.25, -0.2) is 14.8 Å². The lowest BCUT2D eigenvalue weighted by molar-refractivity contribution is 0.0505. The molecule has 4 rings (SSSR count). The minimum atomic E-state index is -0.960. The second kappa shape index (κ2) is 10.9. The summed E-state index contributed by atoms with van der Waals surface area (Å²) in [5.41, 5.74) is 4.40.